The summed E-state index contributed by atoms with van der Waals surface area (Å²) in [5.41, 5.74) is 1.81. The van der Waals surface area contributed by atoms with Gasteiger partial charge in [0.15, 0.2) is 11.5 Å². The van der Waals surface area contributed by atoms with Gasteiger partial charge in [-0.15, -0.1) is 0 Å². The molecule has 0 atom stereocenters. The maximum atomic E-state index is 13.8. The molecule has 2 aromatic carbocycles. The summed E-state index contributed by atoms with van der Waals surface area (Å²) in [4.78, 5) is 8.66. The van der Waals surface area contributed by atoms with Crippen molar-refractivity contribution in [3.63, 3.8) is 0 Å². The second-order valence-corrected chi connectivity index (χ2v) is 6.01. The number of nitrogens with zero attached hydrogens (tertiary/aromatic N) is 2. The molecule has 2 heterocycles. The fraction of sp³-hybridized carbons (Fsp3) is 0.158. The lowest BCUT2D eigenvalue weighted by molar-refractivity contribution is 0.174. The molecule has 0 saturated carbocycles. The quantitative estimate of drug-likeness (QED) is 0.703. The minimum absolute atomic E-state index is 0.135. The third kappa shape index (κ3) is 3.89. The lowest BCUT2D eigenvalue weighted by atomic mass is 10.2. The van der Waals surface area contributed by atoms with Crippen LogP contribution >= 0.6 is 0 Å². The number of fused-ring (bicyclic) bond motifs is 1. The van der Waals surface area contributed by atoms with E-state index in [2.05, 4.69) is 20.6 Å². The van der Waals surface area contributed by atoms with Crippen molar-refractivity contribution in [1.29, 1.82) is 0 Å². The van der Waals surface area contributed by atoms with Crippen molar-refractivity contribution in [2.24, 2.45) is 0 Å². The molecule has 0 amide bonds. The number of hydrogen-bond donors (Lipinski definition) is 2. The van der Waals surface area contributed by atoms with Crippen molar-refractivity contribution in [3.8, 4) is 11.5 Å². The van der Waals surface area contributed by atoms with Crippen LogP contribution in [0.3, 0.4) is 0 Å². The first-order valence-electron chi connectivity index (χ1n) is 8.27. The SMILES string of the molecule is Cc1cc(Nc2ccc(F)cc2F)nc(NCc2ccc3c(c2)OCO3)n1. The van der Waals surface area contributed by atoms with Crippen molar-refractivity contribution in [2.45, 2.75) is 13.5 Å². The van der Waals surface area contributed by atoms with Gasteiger partial charge in [-0.25, -0.2) is 13.8 Å². The molecule has 1 aliphatic rings. The first kappa shape index (κ1) is 17.0. The monoisotopic (exact) mass is 370 g/mol. The van der Waals surface area contributed by atoms with Crippen LogP contribution < -0.4 is 20.1 Å². The number of anilines is 3. The van der Waals surface area contributed by atoms with Crippen LogP contribution in [0.15, 0.2) is 42.5 Å². The van der Waals surface area contributed by atoms with Crippen molar-refractivity contribution >= 4 is 17.5 Å². The van der Waals surface area contributed by atoms with Gasteiger partial charge in [0.25, 0.3) is 0 Å². The number of hydrogen-bond acceptors (Lipinski definition) is 6. The summed E-state index contributed by atoms with van der Waals surface area (Å²) in [6.07, 6.45) is 0. The molecule has 1 aromatic heterocycles. The molecule has 0 unspecified atom stereocenters. The van der Waals surface area contributed by atoms with Crippen LogP contribution in [0.5, 0.6) is 11.5 Å². The first-order valence-corrected chi connectivity index (χ1v) is 8.27. The van der Waals surface area contributed by atoms with Crippen LogP contribution in [0.25, 0.3) is 0 Å². The normalized spacial score (nSPS) is 12.1. The fourth-order valence-electron chi connectivity index (χ4n) is 2.67. The summed E-state index contributed by atoms with van der Waals surface area (Å²) in [6, 6.07) is 10.6. The molecule has 0 spiro atoms. The van der Waals surface area contributed by atoms with E-state index >= 15 is 0 Å². The van der Waals surface area contributed by atoms with Crippen LogP contribution in [-0.4, -0.2) is 16.8 Å². The van der Waals surface area contributed by atoms with Crippen LogP contribution in [0.4, 0.5) is 26.2 Å². The minimum atomic E-state index is -0.693. The Kier molecular flexibility index (Phi) is 4.45. The van der Waals surface area contributed by atoms with E-state index in [1.54, 1.807) is 13.0 Å². The fourth-order valence-corrected chi connectivity index (χ4v) is 2.67. The molecule has 4 rings (SSSR count). The number of ether oxygens (including phenoxy) is 2. The summed E-state index contributed by atoms with van der Waals surface area (Å²) in [5.74, 6) is 0.884. The van der Waals surface area contributed by atoms with Gasteiger partial charge >= 0.3 is 0 Å². The summed E-state index contributed by atoms with van der Waals surface area (Å²) in [7, 11) is 0. The van der Waals surface area contributed by atoms with Gasteiger partial charge in [0.1, 0.15) is 17.5 Å². The second-order valence-electron chi connectivity index (χ2n) is 6.01. The van der Waals surface area contributed by atoms with Gasteiger partial charge < -0.3 is 20.1 Å². The molecule has 0 bridgehead atoms. The molecule has 0 fully saturated rings. The van der Waals surface area contributed by atoms with Crippen molar-refractivity contribution < 1.29 is 18.3 Å². The molecule has 0 radical (unpaired) electrons. The van der Waals surface area contributed by atoms with Crippen molar-refractivity contribution in [2.75, 3.05) is 17.4 Å². The van der Waals surface area contributed by atoms with Gasteiger partial charge in [-0.05, 0) is 36.8 Å². The molecule has 6 nitrogen and oxygen atoms in total. The zero-order valence-electron chi connectivity index (χ0n) is 14.4. The Hall–Kier alpha value is -3.42. The molecule has 27 heavy (non-hydrogen) atoms. The van der Waals surface area contributed by atoms with Gasteiger partial charge in [-0.1, -0.05) is 6.07 Å². The zero-order chi connectivity index (χ0) is 18.8. The van der Waals surface area contributed by atoms with Crippen LogP contribution in [0, 0.1) is 18.6 Å². The number of aryl methyl sites for hydroxylation is 1. The topological polar surface area (TPSA) is 68.3 Å². The van der Waals surface area contributed by atoms with Crippen LogP contribution in [0.2, 0.25) is 0 Å². The van der Waals surface area contributed by atoms with E-state index in [0.29, 0.717) is 29.8 Å². The Morgan fingerprint density at radius 1 is 1.00 bits per heavy atom. The highest BCUT2D eigenvalue weighted by atomic mass is 19.1. The van der Waals surface area contributed by atoms with E-state index in [1.165, 1.54) is 12.1 Å². The molecule has 8 heteroatoms. The number of halogens is 2. The Morgan fingerprint density at radius 2 is 1.85 bits per heavy atom. The molecule has 3 aromatic rings. The summed E-state index contributed by atoms with van der Waals surface area (Å²) >= 11 is 0. The molecule has 0 aliphatic carbocycles. The van der Waals surface area contributed by atoms with Gasteiger partial charge in [-0.3, -0.25) is 0 Å². The number of aromatic nitrogens is 2. The highest BCUT2D eigenvalue weighted by molar-refractivity contribution is 5.58. The Morgan fingerprint density at radius 3 is 2.70 bits per heavy atom. The molecule has 1 aliphatic heterocycles. The molecule has 138 valence electrons. The molecule has 2 N–H and O–H groups in total. The van der Waals surface area contributed by atoms with Gasteiger partial charge in [-0.2, -0.15) is 4.98 Å². The zero-order valence-corrected chi connectivity index (χ0v) is 14.4. The van der Waals surface area contributed by atoms with Gasteiger partial charge in [0, 0.05) is 24.4 Å². The Bertz CT molecular complexity index is 997. The third-order valence-corrected chi connectivity index (χ3v) is 3.94. The highest BCUT2D eigenvalue weighted by Crippen LogP contribution is 2.32. The largest absolute Gasteiger partial charge is 0.454 e. The average molecular weight is 370 g/mol. The van der Waals surface area contributed by atoms with Gasteiger partial charge in [0.05, 0.1) is 5.69 Å². The van der Waals surface area contributed by atoms with E-state index in [0.717, 1.165) is 17.4 Å². The second kappa shape index (κ2) is 7.06. The number of rotatable bonds is 5. The molecule has 0 saturated heterocycles. The van der Waals surface area contributed by atoms with Crippen LogP contribution in [0.1, 0.15) is 11.3 Å². The Labute approximate surface area is 154 Å². The smallest absolute Gasteiger partial charge is 0.231 e. The van der Waals surface area contributed by atoms with E-state index in [9.17, 15) is 8.78 Å². The van der Waals surface area contributed by atoms with Crippen molar-refractivity contribution in [1.82, 2.24) is 9.97 Å². The van der Waals surface area contributed by atoms with E-state index in [4.69, 9.17) is 9.47 Å². The van der Waals surface area contributed by atoms with Gasteiger partial charge in [0.2, 0.25) is 12.7 Å². The molecular weight excluding hydrogens is 354 g/mol. The summed E-state index contributed by atoms with van der Waals surface area (Å²) in [6.45, 7) is 2.51. The maximum Gasteiger partial charge on any atom is 0.231 e. The molecular formula is C19H16F2N4O2. The van der Waals surface area contributed by atoms with Crippen LogP contribution in [-0.2, 0) is 6.54 Å². The lowest BCUT2D eigenvalue weighted by Crippen LogP contribution is -2.06. The Balaban J connectivity index is 1.48. The predicted octanol–water partition coefficient (Wildman–Crippen LogP) is 4.15. The maximum absolute atomic E-state index is 13.8. The van der Waals surface area contributed by atoms with E-state index in [-0.39, 0.29) is 12.5 Å². The van der Waals surface area contributed by atoms with E-state index in [1.807, 2.05) is 18.2 Å². The predicted molar refractivity (Wildman–Crippen MR) is 96.3 cm³/mol. The average Bonchev–Trinajstić information content (AvgIpc) is 3.10. The van der Waals surface area contributed by atoms with E-state index < -0.39 is 11.6 Å². The number of nitrogens with one attached hydrogen (secondary N) is 2. The minimum Gasteiger partial charge on any atom is -0.454 e. The standard InChI is InChI=1S/C19H16F2N4O2/c1-11-6-18(24-15-4-3-13(20)8-14(15)21)25-19(23-11)22-9-12-2-5-16-17(7-12)27-10-26-16/h2-8H,9-10H2,1H3,(H2,22,23,24,25). The third-order valence-electron chi connectivity index (χ3n) is 3.94. The first-order chi connectivity index (χ1) is 13.1. The highest BCUT2D eigenvalue weighted by Gasteiger charge is 2.13. The summed E-state index contributed by atoms with van der Waals surface area (Å²) in [5, 5.41) is 5.97. The van der Waals surface area contributed by atoms with Crippen molar-refractivity contribution in [3.05, 3.63) is 65.4 Å². The summed E-state index contributed by atoms with van der Waals surface area (Å²) < 4.78 is 37.5. The lowest BCUT2D eigenvalue weighted by Gasteiger charge is -2.11. The number of benzene rings is 2.